The minimum Gasteiger partial charge on any atom is -0.465 e. The number of nitrogens with two attached hydrogens (primary N) is 2. The van der Waals surface area contributed by atoms with E-state index < -0.39 is 5.97 Å². The van der Waals surface area contributed by atoms with Crippen LogP contribution in [0.25, 0.3) is 0 Å². The predicted molar refractivity (Wildman–Crippen MR) is 83.3 cm³/mol. The number of halogens is 2. The van der Waals surface area contributed by atoms with Crippen LogP contribution in [0.5, 0.6) is 0 Å². The van der Waals surface area contributed by atoms with E-state index >= 15 is 0 Å². The highest BCUT2D eigenvalue weighted by atomic mass is 127. The molecule has 0 saturated carbocycles. The van der Waals surface area contributed by atoms with Gasteiger partial charge in [-0.2, -0.15) is 0 Å². The van der Waals surface area contributed by atoms with Gasteiger partial charge in [0.2, 0.25) is 0 Å². The van der Waals surface area contributed by atoms with E-state index in [4.69, 9.17) is 23.2 Å². The van der Waals surface area contributed by atoms with Crippen molar-refractivity contribution in [3.63, 3.8) is 0 Å². The van der Waals surface area contributed by atoms with Crippen LogP contribution in [0, 0.1) is 0 Å². The van der Waals surface area contributed by atoms with E-state index in [-0.39, 0.29) is 5.56 Å². The average molecular weight is 400 g/mol. The van der Waals surface area contributed by atoms with Crippen LogP contribution in [0.4, 0.5) is 5.69 Å². The van der Waals surface area contributed by atoms with Gasteiger partial charge in [0.05, 0.1) is 29.6 Å². The van der Waals surface area contributed by atoms with Crippen molar-refractivity contribution >= 4 is 53.4 Å². The fourth-order valence-corrected chi connectivity index (χ4v) is 1.90. The van der Waals surface area contributed by atoms with Crippen molar-refractivity contribution in [3.05, 3.63) is 40.0 Å². The van der Waals surface area contributed by atoms with Crippen molar-refractivity contribution in [3.8, 4) is 0 Å². The summed E-state index contributed by atoms with van der Waals surface area (Å²) in [7, 11) is 2.61. The Morgan fingerprint density at radius 3 is 2.83 bits per heavy atom. The molecular formula is C10H11ClIN3O2S. The summed E-state index contributed by atoms with van der Waals surface area (Å²) in [5.74, 6) is 5.31. The van der Waals surface area contributed by atoms with Gasteiger partial charge in [-0.25, -0.2) is 10.6 Å². The summed E-state index contributed by atoms with van der Waals surface area (Å²) in [5.41, 5.74) is 6.38. The number of ether oxygens (including phenoxy) is 1. The smallest absolute Gasteiger partial charge is 0.340 e. The van der Waals surface area contributed by atoms with Crippen LogP contribution in [0.1, 0.15) is 10.4 Å². The lowest BCUT2D eigenvalue weighted by atomic mass is 10.1. The fraction of sp³-hybridized carbons (Fsp3) is 0.100. The van der Waals surface area contributed by atoms with Crippen molar-refractivity contribution in [1.29, 1.82) is 0 Å². The van der Waals surface area contributed by atoms with E-state index in [2.05, 4.69) is 4.74 Å². The minimum atomic E-state index is -0.517. The number of hydrogen-bond donors (Lipinski definition) is 2. The third-order valence-electron chi connectivity index (χ3n) is 2.00. The Balaban J connectivity index is 3.19. The Hall–Kier alpha value is -0.640. The van der Waals surface area contributed by atoms with Crippen molar-refractivity contribution in [2.24, 2.45) is 11.6 Å². The Morgan fingerprint density at radius 2 is 2.28 bits per heavy atom. The van der Waals surface area contributed by atoms with Crippen LogP contribution in [-0.4, -0.2) is 13.1 Å². The molecule has 4 N–H and O–H groups in total. The second-order valence-electron chi connectivity index (χ2n) is 3.17. The molecule has 0 amide bonds. The number of hydrogen-bond acceptors (Lipinski definition) is 6. The third kappa shape index (κ3) is 3.94. The second-order valence-corrected chi connectivity index (χ2v) is 5.55. The zero-order valence-electron chi connectivity index (χ0n) is 9.39. The zero-order chi connectivity index (χ0) is 13.7. The normalized spacial score (nSPS) is 11.2. The van der Waals surface area contributed by atoms with E-state index in [1.807, 2.05) is 21.2 Å². The molecule has 0 aliphatic rings. The van der Waals surface area contributed by atoms with Gasteiger partial charge in [0.1, 0.15) is 0 Å². The lowest BCUT2D eigenvalue weighted by Gasteiger charge is -2.17. The standard InChI is InChI=1S/C10H11ClIN3O2S/c1-17-10(16)7-4-6(11)2-3-8(7)15(14)5-9(13)18-12/h2-5H,13-14H2,1H3/b9-5+. The van der Waals surface area contributed by atoms with Gasteiger partial charge >= 0.3 is 5.97 Å². The maximum absolute atomic E-state index is 11.6. The van der Waals surface area contributed by atoms with E-state index in [0.717, 1.165) is 0 Å². The highest BCUT2D eigenvalue weighted by molar-refractivity contribution is 14.2. The predicted octanol–water partition coefficient (Wildman–Crippen LogP) is 2.65. The summed E-state index contributed by atoms with van der Waals surface area (Å²) >= 11 is 7.87. The molecule has 0 bridgehead atoms. The maximum atomic E-state index is 11.6. The van der Waals surface area contributed by atoms with Gasteiger partial charge in [0.15, 0.2) is 0 Å². The molecule has 0 aliphatic heterocycles. The Morgan fingerprint density at radius 1 is 1.61 bits per heavy atom. The lowest BCUT2D eigenvalue weighted by Crippen LogP contribution is -2.27. The van der Waals surface area contributed by atoms with Crippen molar-refractivity contribution in [1.82, 2.24) is 0 Å². The molecule has 0 radical (unpaired) electrons. The van der Waals surface area contributed by atoms with Crippen molar-refractivity contribution in [2.75, 3.05) is 12.1 Å². The number of esters is 1. The quantitative estimate of drug-likeness (QED) is 0.351. The van der Waals surface area contributed by atoms with Crippen LogP contribution in [0.15, 0.2) is 29.4 Å². The van der Waals surface area contributed by atoms with Gasteiger partial charge in [-0.15, -0.1) is 0 Å². The number of nitrogens with zero attached hydrogens (tertiary/aromatic N) is 1. The first-order chi connectivity index (χ1) is 8.49. The third-order valence-corrected chi connectivity index (χ3v) is 4.04. The SMILES string of the molecule is COC(=O)c1cc(Cl)ccc1N(N)/C=C(\N)SI. The molecule has 1 rings (SSSR count). The monoisotopic (exact) mass is 399 g/mol. The summed E-state index contributed by atoms with van der Waals surface area (Å²) in [5, 5.41) is 2.18. The summed E-state index contributed by atoms with van der Waals surface area (Å²) in [6, 6.07) is 4.74. The van der Waals surface area contributed by atoms with Gasteiger partial charge < -0.3 is 10.5 Å². The lowest BCUT2D eigenvalue weighted by molar-refractivity contribution is 0.0601. The van der Waals surface area contributed by atoms with Gasteiger partial charge in [0.25, 0.3) is 0 Å². The van der Waals surface area contributed by atoms with Crippen LogP contribution in [-0.2, 0) is 4.74 Å². The molecular weight excluding hydrogens is 389 g/mol. The highest BCUT2D eigenvalue weighted by Crippen LogP contribution is 2.25. The summed E-state index contributed by atoms with van der Waals surface area (Å²) in [4.78, 5) is 11.6. The Bertz CT molecular complexity index is 484. The molecule has 18 heavy (non-hydrogen) atoms. The van der Waals surface area contributed by atoms with Gasteiger partial charge in [-0.3, -0.25) is 5.01 Å². The molecule has 0 unspecified atom stereocenters. The number of benzene rings is 1. The highest BCUT2D eigenvalue weighted by Gasteiger charge is 2.15. The van der Waals surface area contributed by atoms with Gasteiger partial charge in [-0.05, 0) is 27.1 Å². The molecule has 0 atom stereocenters. The number of hydrazine groups is 1. The first-order valence-electron chi connectivity index (χ1n) is 4.67. The van der Waals surface area contributed by atoms with E-state index in [1.54, 1.807) is 12.1 Å². The number of methoxy groups -OCH3 is 1. The van der Waals surface area contributed by atoms with Crippen LogP contribution < -0.4 is 16.6 Å². The molecule has 0 spiro atoms. The minimum absolute atomic E-state index is 0.273. The summed E-state index contributed by atoms with van der Waals surface area (Å²) in [6.07, 6.45) is 1.51. The molecule has 98 valence electrons. The van der Waals surface area contributed by atoms with E-state index in [1.165, 1.54) is 33.3 Å². The molecule has 5 nitrogen and oxygen atoms in total. The Labute approximate surface area is 126 Å². The Kier molecular flexibility index (Phi) is 6.06. The maximum Gasteiger partial charge on any atom is 0.340 e. The average Bonchev–Trinajstić information content (AvgIpc) is 2.37. The molecule has 0 aliphatic carbocycles. The molecule has 0 saturated heterocycles. The summed E-state index contributed by atoms with van der Waals surface area (Å²) in [6.45, 7) is 0. The van der Waals surface area contributed by atoms with Crippen LogP contribution >= 0.6 is 41.7 Å². The number of carbonyl (C=O) groups excluding carboxylic acids is 1. The van der Waals surface area contributed by atoms with Crippen molar-refractivity contribution in [2.45, 2.75) is 0 Å². The summed E-state index contributed by atoms with van der Waals surface area (Å²) < 4.78 is 4.67. The molecule has 1 aromatic carbocycles. The van der Waals surface area contributed by atoms with Gasteiger partial charge in [-0.1, -0.05) is 11.6 Å². The second kappa shape index (κ2) is 7.07. The topological polar surface area (TPSA) is 81.6 Å². The first kappa shape index (κ1) is 15.4. The molecule has 8 heteroatoms. The number of rotatable bonds is 4. The molecule has 1 aromatic rings. The molecule has 0 fully saturated rings. The van der Waals surface area contributed by atoms with E-state index in [0.29, 0.717) is 15.7 Å². The first-order valence-corrected chi connectivity index (χ1v) is 8.41. The largest absolute Gasteiger partial charge is 0.465 e. The molecule has 0 heterocycles. The molecule has 0 aromatic heterocycles. The zero-order valence-corrected chi connectivity index (χ0v) is 13.1. The number of anilines is 1. The van der Waals surface area contributed by atoms with E-state index in [9.17, 15) is 4.79 Å². The van der Waals surface area contributed by atoms with Crippen molar-refractivity contribution < 1.29 is 9.53 Å². The van der Waals surface area contributed by atoms with Crippen LogP contribution in [0.2, 0.25) is 5.02 Å². The van der Waals surface area contributed by atoms with Gasteiger partial charge in [0, 0.05) is 26.2 Å². The number of carbonyl (C=O) groups is 1. The van der Waals surface area contributed by atoms with Crippen LogP contribution in [0.3, 0.4) is 0 Å². The fourth-order valence-electron chi connectivity index (χ4n) is 1.23.